The number of hydrogen-bond acceptors (Lipinski definition) is 0. The van der Waals surface area contributed by atoms with E-state index in [0.717, 1.165) is 28.3 Å². The minimum Gasteiger partial charge on any atom is -0.207 e. The lowest BCUT2D eigenvalue weighted by Gasteiger charge is -1.98. The monoisotopic (exact) mass is 188 g/mol. The first-order valence-electron chi connectivity index (χ1n) is 3.67. The van der Waals surface area contributed by atoms with E-state index in [1.165, 1.54) is 6.07 Å². The largest absolute Gasteiger partial charge is 0.207 e. The van der Waals surface area contributed by atoms with E-state index in [4.69, 9.17) is 11.6 Å². The Labute approximate surface area is 73.8 Å². The van der Waals surface area contributed by atoms with Gasteiger partial charge in [0, 0.05) is 15.3 Å². The summed E-state index contributed by atoms with van der Waals surface area (Å²) in [4.78, 5) is 0. The fourth-order valence-corrected chi connectivity index (χ4v) is 1.87. The average Bonchev–Trinajstić information content (AvgIpc) is 1.85. The standard InChI is InChI=1S/C8H10ClFSi/c9-7-3-6(1-2-11)4-8(10)5-7/h3-5H,1-2H2,11H3. The summed E-state index contributed by atoms with van der Waals surface area (Å²) < 4.78 is 12.7. The molecule has 0 saturated heterocycles. The summed E-state index contributed by atoms with van der Waals surface area (Å²) in [5, 5.41) is 0.495. The summed E-state index contributed by atoms with van der Waals surface area (Å²) in [7, 11) is 1.15. The van der Waals surface area contributed by atoms with Crippen LogP contribution in [-0.2, 0) is 6.42 Å². The zero-order valence-electron chi connectivity index (χ0n) is 6.40. The minimum absolute atomic E-state index is 0.234. The van der Waals surface area contributed by atoms with E-state index in [1.807, 2.05) is 6.07 Å². The van der Waals surface area contributed by atoms with Gasteiger partial charge in [0.05, 0.1) is 0 Å². The molecule has 0 aliphatic carbocycles. The van der Waals surface area contributed by atoms with E-state index in [2.05, 4.69) is 0 Å². The molecule has 11 heavy (non-hydrogen) atoms. The van der Waals surface area contributed by atoms with Crippen molar-refractivity contribution in [2.75, 3.05) is 0 Å². The third kappa shape index (κ3) is 2.64. The van der Waals surface area contributed by atoms with Crippen molar-refractivity contribution in [1.29, 1.82) is 0 Å². The molecule has 0 radical (unpaired) electrons. The van der Waals surface area contributed by atoms with Crippen LogP contribution in [0.4, 0.5) is 4.39 Å². The van der Waals surface area contributed by atoms with E-state index in [1.54, 1.807) is 6.07 Å². The molecule has 0 amide bonds. The normalized spacial score (nSPS) is 10.4. The molecule has 0 heterocycles. The molecular formula is C8H10ClFSi. The van der Waals surface area contributed by atoms with Crippen LogP contribution >= 0.6 is 11.6 Å². The van der Waals surface area contributed by atoms with E-state index in [-0.39, 0.29) is 5.82 Å². The van der Waals surface area contributed by atoms with Crippen molar-refractivity contribution in [3.63, 3.8) is 0 Å². The van der Waals surface area contributed by atoms with Crippen LogP contribution in [0.3, 0.4) is 0 Å². The Morgan fingerprint density at radius 3 is 2.64 bits per heavy atom. The molecule has 0 unspecified atom stereocenters. The highest BCUT2D eigenvalue weighted by Crippen LogP contribution is 2.14. The van der Waals surface area contributed by atoms with Crippen molar-refractivity contribution in [2.24, 2.45) is 0 Å². The van der Waals surface area contributed by atoms with Crippen molar-refractivity contribution in [3.05, 3.63) is 34.6 Å². The number of hydrogen-bond donors (Lipinski definition) is 0. The van der Waals surface area contributed by atoms with Gasteiger partial charge in [-0.15, -0.1) is 0 Å². The zero-order chi connectivity index (χ0) is 8.27. The van der Waals surface area contributed by atoms with E-state index < -0.39 is 0 Å². The Hall–Kier alpha value is -0.343. The summed E-state index contributed by atoms with van der Waals surface area (Å²) in [5.74, 6) is -0.234. The highest BCUT2D eigenvalue weighted by Gasteiger charge is 1.97. The minimum atomic E-state index is -0.234. The maximum Gasteiger partial charge on any atom is 0.124 e. The molecule has 3 heteroatoms. The quantitative estimate of drug-likeness (QED) is 0.622. The van der Waals surface area contributed by atoms with Crippen molar-refractivity contribution in [2.45, 2.75) is 12.5 Å². The molecule has 1 rings (SSSR count). The molecule has 0 aliphatic rings. The molecule has 0 atom stereocenters. The summed E-state index contributed by atoms with van der Waals surface area (Å²) >= 11 is 5.66. The predicted octanol–water partition coefficient (Wildman–Crippen LogP) is 1.81. The number of aryl methyl sites for hydroxylation is 1. The number of rotatable bonds is 2. The maximum absolute atomic E-state index is 12.7. The first-order valence-corrected chi connectivity index (χ1v) is 5.46. The second-order valence-corrected chi connectivity index (χ2v) is 3.96. The van der Waals surface area contributed by atoms with Gasteiger partial charge in [0.1, 0.15) is 5.82 Å². The van der Waals surface area contributed by atoms with Gasteiger partial charge in [-0.3, -0.25) is 0 Å². The van der Waals surface area contributed by atoms with Crippen molar-refractivity contribution in [1.82, 2.24) is 0 Å². The van der Waals surface area contributed by atoms with Crippen molar-refractivity contribution < 1.29 is 4.39 Å². The van der Waals surface area contributed by atoms with Crippen molar-refractivity contribution in [3.8, 4) is 0 Å². The third-order valence-electron chi connectivity index (χ3n) is 1.46. The Bertz CT molecular complexity index is 230. The third-order valence-corrected chi connectivity index (χ3v) is 2.18. The summed E-state index contributed by atoms with van der Waals surface area (Å²) in [6, 6.07) is 5.85. The van der Waals surface area contributed by atoms with Gasteiger partial charge >= 0.3 is 0 Å². The second-order valence-electron chi connectivity index (χ2n) is 2.53. The first-order chi connectivity index (χ1) is 5.22. The predicted molar refractivity (Wildman–Crippen MR) is 49.9 cm³/mol. The van der Waals surface area contributed by atoms with Gasteiger partial charge < -0.3 is 0 Å². The lowest BCUT2D eigenvalue weighted by Crippen LogP contribution is -1.85. The molecule has 0 fully saturated rings. The molecule has 0 saturated carbocycles. The van der Waals surface area contributed by atoms with Crippen LogP contribution in [0.1, 0.15) is 5.56 Å². The van der Waals surface area contributed by atoms with Crippen LogP contribution in [-0.4, -0.2) is 10.2 Å². The smallest absolute Gasteiger partial charge is 0.124 e. The molecule has 0 bridgehead atoms. The molecule has 0 spiro atoms. The maximum atomic E-state index is 12.7. The lowest BCUT2D eigenvalue weighted by atomic mass is 10.2. The van der Waals surface area contributed by atoms with Crippen LogP contribution < -0.4 is 0 Å². The van der Waals surface area contributed by atoms with Gasteiger partial charge in [-0.05, 0) is 30.2 Å². The fourth-order valence-electron chi connectivity index (χ4n) is 1.04. The summed E-state index contributed by atoms with van der Waals surface area (Å²) in [5.41, 5.74) is 1.00. The molecule has 0 nitrogen and oxygen atoms in total. The molecule has 0 aromatic heterocycles. The Morgan fingerprint density at radius 1 is 1.36 bits per heavy atom. The second kappa shape index (κ2) is 3.88. The number of benzene rings is 1. The van der Waals surface area contributed by atoms with E-state index in [0.29, 0.717) is 5.02 Å². The topological polar surface area (TPSA) is 0 Å². The molecule has 1 aromatic carbocycles. The van der Waals surface area contributed by atoms with Gasteiger partial charge in [0.2, 0.25) is 0 Å². The molecule has 0 aliphatic heterocycles. The Kier molecular flexibility index (Phi) is 3.09. The molecule has 1 aromatic rings. The highest BCUT2D eigenvalue weighted by molar-refractivity contribution is 6.30. The van der Waals surface area contributed by atoms with E-state index >= 15 is 0 Å². The van der Waals surface area contributed by atoms with Crippen molar-refractivity contribution >= 4 is 21.8 Å². The van der Waals surface area contributed by atoms with Crippen LogP contribution in [0.2, 0.25) is 11.1 Å². The van der Waals surface area contributed by atoms with Gasteiger partial charge in [-0.25, -0.2) is 4.39 Å². The number of halogens is 2. The Balaban J connectivity index is 2.89. The van der Waals surface area contributed by atoms with Gasteiger partial charge in [-0.2, -0.15) is 0 Å². The van der Waals surface area contributed by atoms with Gasteiger partial charge in [0.25, 0.3) is 0 Å². The van der Waals surface area contributed by atoms with Crippen LogP contribution in [0.25, 0.3) is 0 Å². The van der Waals surface area contributed by atoms with Crippen LogP contribution in [0, 0.1) is 5.82 Å². The SMILES string of the molecule is Fc1cc(Cl)cc(CC[SiH3])c1. The van der Waals surface area contributed by atoms with Gasteiger partial charge in [0.15, 0.2) is 0 Å². The summed E-state index contributed by atoms with van der Waals surface area (Å²) in [6.07, 6.45) is 0.948. The van der Waals surface area contributed by atoms with Crippen LogP contribution in [0.5, 0.6) is 0 Å². The first kappa shape index (κ1) is 8.75. The lowest BCUT2D eigenvalue weighted by molar-refractivity contribution is 0.626. The molecular weight excluding hydrogens is 179 g/mol. The summed E-state index contributed by atoms with van der Waals surface area (Å²) in [6.45, 7) is 0. The molecule has 60 valence electrons. The average molecular weight is 189 g/mol. The van der Waals surface area contributed by atoms with Crippen LogP contribution in [0.15, 0.2) is 18.2 Å². The Morgan fingerprint density at radius 2 is 2.09 bits per heavy atom. The fraction of sp³-hybridized carbons (Fsp3) is 0.250. The van der Waals surface area contributed by atoms with Gasteiger partial charge in [-0.1, -0.05) is 17.6 Å². The molecule has 0 N–H and O–H groups in total. The zero-order valence-corrected chi connectivity index (χ0v) is 9.16. The highest BCUT2D eigenvalue weighted by atomic mass is 35.5. The van der Waals surface area contributed by atoms with E-state index in [9.17, 15) is 4.39 Å².